The molecule has 1 fully saturated rings. The largest absolute Gasteiger partial charge is 0.497 e. The summed E-state index contributed by atoms with van der Waals surface area (Å²) in [6.07, 6.45) is 0.854. The van der Waals surface area contributed by atoms with Crippen LogP contribution in [0, 0.1) is 5.92 Å². The topological polar surface area (TPSA) is 132 Å². The van der Waals surface area contributed by atoms with Gasteiger partial charge in [-0.05, 0) is 43.2 Å². The van der Waals surface area contributed by atoms with Crippen LogP contribution >= 0.6 is 11.6 Å². The fraction of sp³-hybridized carbons (Fsp3) is 0.348. The lowest BCUT2D eigenvalue weighted by Gasteiger charge is -2.29. The van der Waals surface area contributed by atoms with Gasteiger partial charge in [0.05, 0.1) is 25.8 Å². The molecule has 0 aromatic heterocycles. The lowest BCUT2D eigenvalue weighted by Crippen LogP contribution is -2.52. The van der Waals surface area contributed by atoms with Crippen LogP contribution in [-0.4, -0.2) is 38.0 Å². The maximum atomic E-state index is 13.6. The molecule has 174 valence electrons. The van der Waals surface area contributed by atoms with Gasteiger partial charge in [0.1, 0.15) is 17.0 Å². The molecule has 2 aromatic rings. The van der Waals surface area contributed by atoms with Gasteiger partial charge in [0, 0.05) is 34.8 Å². The van der Waals surface area contributed by atoms with Crippen molar-refractivity contribution in [1.82, 2.24) is 5.32 Å². The van der Waals surface area contributed by atoms with Gasteiger partial charge < -0.3 is 25.8 Å². The third kappa shape index (κ3) is 4.09. The van der Waals surface area contributed by atoms with Crippen LogP contribution in [-0.2, 0) is 19.9 Å². The van der Waals surface area contributed by atoms with E-state index in [9.17, 15) is 14.4 Å². The molecular weight excluding hydrogens is 448 g/mol. The van der Waals surface area contributed by atoms with E-state index < -0.39 is 17.4 Å². The Balaban J connectivity index is 1.72. The second-order valence-corrected chi connectivity index (χ2v) is 8.58. The number of nitrogens with two attached hydrogens (primary N) is 1. The first-order valence-corrected chi connectivity index (χ1v) is 10.9. The lowest BCUT2D eigenvalue weighted by molar-refractivity contribution is -0.130. The minimum Gasteiger partial charge on any atom is -0.497 e. The Labute approximate surface area is 195 Å². The van der Waals surface area contributed by atoms with E-state index >= 15 is 0 Å². The van der Waals surface area contributed by atoms with Crippen LogP contribution in [0.3, 0.4) is 0 Å². The van der Waals surface area contributed by atoms with Crippen molar-refractivity contribution < 1.29 is 23.9 Å². The van der Waals surface area contributed by atoms with Crippen LogP contribution in [0.2, 0.25) is 5.02 Å². The Bertz CT molecular complexity index is 1120. The number of primary amides is 1. The van der Waals surface area contributed by atoms with Gasteiger partial charge in [-0.2, -0.15) is 0 Å². The standard InChI is InChI=1S/C23H25ClN4O5/c1-32-14-5-7-19(33-2)18(11-14)26-21(30)16-10-13(4-8-20(25)29)28-23(16)15-9-12(24)3-6-17(15)27-22(23)31/h3,5-7,9,11,13,16,28H,4,8,10H2,1-2H3,(H2,25,29)(H,26,30)(H,27,31)/t13-,16-,23+/m0/s1. The van der Waals surface area contributed by atoms with E-state index in [1.54, 1.807) is 36.4 Å². The second-order valence-electron chi connectivity index (χ2n) is 8.14. The number of hydrogen-bond acceptors (Lipinski definition) is 6. The fourth-order valence-electron chi connectivity index (χ4n) is 4.67. The number of nitrogens with one attached hydrogen (secondary N) is 3. The number of hydrogen-bond donors (Lipinski definition) is 4. The molecule has 10 heteroatoms. The van der Waals surface area contributed by atoms with Crippen LogP contribution < -0.4 is 31.2 Å². The first kappa shape index (κ1) is 22.9. The highest BCUT2D eigenvalue weighted by molar-refractivity contribution is 6.31. The molecule has 2 aromatic carbocycles. The zero-order valence-corrected chi connectivity index (χ0v) is 19.0. The molecule has 2 aliphatic heterocycles. The molecule has 1 spiro atoms. The summed E-state index contributed by atoms with van der Waals surface area (Å²) >= 11 is 6.24. The van der Waals surface area contributed by atoms with E-state index in [2.05, 4.69) is 16.0 Å². The molecule has 0 unspecified atom stereocenters. The highest BCUT2D eigenvalue weighted by Gasteiger charge is 2.60. The first-order chi connectivity index (χ1) is 15.8. The smallest absolute Gasteiger partial charge is 0.250 e. The normalized spacial score (nSPS) is 23.2. The van der Waals surface area contributed by atoms with Crippen molar-refractivity contribution in [1.29, 1.82) is 0 Å². The van der Waals surface area contributed by atoms with E-state index in [0.29, 0.717) is 46.3 Å². The first-order valence-electron chi connectivity index (χ1n) is 10.5. The van der Waals surface area contributed by atoms with Crippen molar-refractivity contribution in [3.8, 4) is 11.5 Å². The number of halogens is 1. The summed E-state index contributed by atoms with van der Waals surface area (Å²) in [6.45, 7) is 0. The second kappa shape index (κ2) is 8.92. The number of amides is 3. The van der Waals surface area contributed by atoms with Gasteiger partial charge in [-0.15, -0.1) is 0 Å². The monoisotopic (exact) mass is 472 g/mol. The highest BCUT2D eigenvalue weighted by Crippen LogP contribution is 2.48. The third-order valence-electron chi connectivity index (χ3n) is 6.21. The molecule has 5 N–H and O–H groups in total. The summed E-state index contributed by atoms with van der Waals surface area (Å²) in [6, 6.07) is 9.84. The molecule has 1 saturated heterocycles. The van der Waals surface area contributed by atoms with Crippen LogP contribution in [0.1, 0.15) is 24.8 Å². The van der Waals surface area contributed by atoms with Gasteiger partial charge in [0.25, 0.3) is 0 Å². The molecule has 0 bridgehead atoms. The number of rotatable bonds is 7. The third-order valence-corrected chi connectivity index (χ3v) is 6.44. The summed E-state index contributed by atoms with van der Waals surface area (Å²) in [7, 11) is 3.02. The fourth-order valence-corrected chi connectivity index (χ4v) is 4.84. The SMILES string of the molecule is COc1ccc(OC)c(NC(=O)[C@@H]2C[C@H](CCC(N)=O)N[C@@]23C(=O)Nc2ccc(Cl)cc23)c1. The Morgan fingerprint density at radius 3 is 2.70 bits per heavy atom. The maximum Gasteiger partial charge on any atom is 0.250 e. The minimum absolute atomic E-state index is 0.135. The zero-order chi connectivity index (χ0) is 23.8. The van der Waals surface area contributed by atoms with Gasteiger partial charge in [0.15, 0.2) is 0 Å². The van der Waals surface area contributed by atoms with Crippen molar-refractivity contribution in [2.75, 3.05) is 24.9 Å². The summed E-state index contributed by atoms with van der Waals surface area (Å²) in [5.74, 6) is -0.961. The molecule has 0 radical (unpaired) electrons. The Hall–Kier alpha value is -3.30. The van der Waals surface area contributed by atoms with Crippen LogP contribution in [0.5, 0.6) is 11.5 Å². The van der Waals surface area contributed by atoms with Gasteiger partial charge in [-0.1, -0.05) is 11.6 Å². The Kier molecular flexibility index (Phi) is 6.18. The average Bonchev–Trinajstić information content (AvgIpc) is 3.31. The number of carbonyl (C=O) groups excluding carboxylic acids is 3. The Morgan fingerprint density at radius 2 is 2.00 bits per heavy atom. The van der Waals surface area contributed by atoms with Gasteiger partial charge in [-0.25, -0.2) is 0 Å². The molecule has 3 atom stereocenters. The van der Waals surface area contributed by atoms with Crippen molar-refractivity contribution >= 4 is 40.7 Å². The number of ether oxygens (including phenoxy) is 2. The Morgan fingerprint density at radius 1 is 1.21 bits per heavy atom. The summed E-state index contributed by atoms with van der Waals surface area (Å²) < 4.78 is 10.6. The van der Waals surface area contributed by atoms with Gasteiger partial charge in [-0.3, -0.25) is 19.7 Å². The number of methoxy groups -OCH3 is 2. The number of fused-ring (bicyclic) bond motifs is 2. The molecule has 2 aliphatic rings. The lowest BCUT2D eigenvalue weighted by atomic mass is 9.79. The zero-order valence-electron chi connectivity index (χ0n) is 18.2. The van der Waals surface area contributed by atoms with E-state index in [1.165, 1.54) is 14.2 Å². The van der Waals surface area contributed by atoms with Gasteiger partial charge in [0.2, 0.25) is 17.7 Å². The van der Waals surface area contributed by atoms with E-state index in [1.807, 2.05) is 0 Å². The molecule has 9 nitrogen and oxygen atoms in total. The molecule has 2 heterocycles. The molecule has 4 rings (SSSR count). The average molecular weight is 473 g/mol. The molecular formula is C23H25ClN4O5. The molecule has 33 heavy (non-hydrogen) atoms. The predicted molar refractivity (Wildman–Crippen MR) is 123 cm³/mol. The van der Waals surface area contributed by atoms with Crippen molar-refractivity contribution in [3.63, 3.8) is 0 Å². The predicted octanol–water partition coefficient (Wildman–Crippen LogP) is 2.39. The summed E-state index contributed by atoms with van der Waals surface area (Å²) in [5, 5.41) is 9.52. The maximum absolute atomic E-state index is 13.6. The summed E-state index contributed by atoms with van der Waals surface area (Å²) in [5.41, 5.74) is 5.59. The summed E-state index contributed by atoms with van der Waals surface area (Å²) in [4.78, 5) is 38.3. The van der Waals surface area contributed by atoms with Crippen LogP contribution in [0.15, 0.2) is 36.4 Å². The van der Waals surface area contributed by atoms with Crippen LogP contribution in [0.4, 0.5) is 11.4 Å². The molecule has 3 amide bonds. The van der Waals surface area contributed by atoms with Gasteiger partial charge >= 0.3 is 0 Å². The minimum atomic E-state index is -1.33. The number of anilines is 2. The van der Waals surface area contributed by atoms with E-state index in [0.717, 1.165) is 0 Å². The van der Waals surface area contributed by atoms with Crippen LogP contribution in [0.25, 0.3) is 0 Å². The van der Waals surface area contributed by atoms with E-state index in [-0.39, 0.29) is 24.3 Å². The van der Waals surface area contributed by atoms with Crippen molar-refractivity contribution in [2.45, 2.75) is 30.8 Å². The quantitative estimate of drug-likeness (QED) is 0.489. The molecule has 0 saturated carbocycles. The van der Waals surface area contributed by atoms with E-state index in [4.69, 9.17) is 26.8 Å². The number of benzene rings is 2. The van der Waals surface area contributed by atoms with Crippen molar-refractivity contribution in [2.24, 2.45) is 11.7 Å². The van der Waals surface area contributed by atoms with Crippen molar-refractivity contribution in [3.05, 3.63) is 47.0 Å². The highest BCUT2D eigenvalue weighted by atomic mass is 35.5. The number of carbonyl (C=O) groups is 3. The molecule has 0 aliphatic carbocycles.